The first-order chi connectivity index (χ1) is 27.2. The summed E-state index contributed by atoms with van der Waals surface area (Å²) in [5.74, 6) is 0.597. The fraction of sp³-hybridized carbons (Fsp3) is 0. The van der Waals surface area contributed by atoms with Crippen molar-refractivity contribution in [3.63, 3.8) is 0 Å². The van der Waals surface area contributed by atoms with E-state index in [0.29, 0.717) is 5.89 Å². The van der Waals surface area contributed by atoms with Crippen molar-refractivity contribution in [3.05, 3.63) is 170 Å². The van der Waals surface area contributed by atoms with Crippen LogP contribution in [0.5, 0.6) is 0 Å². The van der Waals surface area contributed by atoms with Crippen LogP contribution < -0.4 is 4.90 Å². The molecule has 6 heteroatoms. The van der Waals surface area contributed by atoms with Gasteiger partial charge in [-0.1, -0.05) is 78.9 Å². The summed E-state index contributed by atoms with van der Waals surface area (Å²) >= 11 is 1.83. The van der Waals surface area contributed by atoms with Crippen molar-refractivity contribution >= 4 is 104 Å². The van der Waals surface area contributed by atoms with Crippen molar-refractivity contribution < 1.29 is 13.3 Å². The minimum atomic E-state index is 0.597. The van der Waals surface area contributed by atoms with Gasteiger partial charge >= 0.3 is 0 Å². The highest BCUT2D eigenvalue weighted by Gasteiger charge is 2.19. The molecular weight excluding hydrogens is 697 g/mol. The molecule has 0 atom stereocenters. The lowest BCUT2D eigenvalue weighted by molar-refractivity contribution is 0.619. The Hall–Kier alpha value is -7.15. The fourth-order valence-electron chi connectivity index (χ4n) is 8.09. The van der Waals surface area contributed by atoms with E-state index in [1.54, 1.807) is 0 Å². The minimum Gasteiger partial charge on any atom is -0.456 e. The quantitative estimate of drug-likeness (QED) is 0.177. The number of hydrogen-bond acceptors (Lipinski definition) is 6. The van der Waals surface area contributed by atoms with Crippen molar-refractivity contribution in [1.82, 2.24) is 4.98 Å². The van der Waals surface area contributed by atoms with Gasteiger partial charge in [0.25, 0.3) is 0 Å². The van der Waals surface area contributed by atoms with Crippen molar-refractivity contribution in [3.8, 4) is 22.6 Å². The molecule has 5 nitrogen and oxygen atoms in total. The summed E-state index contributed by atoms with van der Waals surface area (Å²) in [6.07, 6.45) is 0. The number of para-hydroxylation sites is 1. The third-order valence-electron chi connectivity index (χ3n) is 10.7. The molecule has 0 aliphatic heterocycles. The van der Waals surface area contributed by atoms with Gasteiger partial charge in [-0.2, -0.15) is 0 Å². The molecule has 0 amide bonds. The van der Waals surface area contributed by atoms with E-state index in [-0.39, 0.29) is 0 Å². The lowest BCUT2D eigenvalue weighted by atomic mass is 10.0. The Morgan fingerprint density at radius 3 is 1.91 bits per heavy atom. The van der Waals surface area contributed by atoms with Crippen molar-refractivity contribution in [1.29, 1.82) is 0 Å². The van der Waals surface area contributed by atoms with E-state index in [9.17, 15) is 0 Å². The largest absolute Gasteiger partial charge is 0.456 e. The van der Waals surface area contributed by atoms with E-state index in [0.717, 1.165) is 88.7 Å². The third kappa shape index (κ3) is 4.75. The Bertz CT molecular complexity index is 3330. The summed E-state index contributed by atoms with van der Waals surface area (Å²) in [4.78, 5) is 7.27. The van der Waals surface area contributed by atoms with E-state index in [1.165, 1.54) is 20.2 Å². The lowest BCUT2D eigenvalue weighted by Crippen LogP contribution is -2.09. The lowest BCUT2D eigenvalue weighted by Gasteiger charge is -2.26. The van der Waals surface area contributed by atoms with Crippen LogP contribution in [0.2, 0.25) is 0 Å². The number of oxazole rings is 1. The first-order valence-electron chi connectivity index (χ1n) is 18.3. The maximum atomic E-state index is 6.37. The third-order valence-corrected chi connectivity index (χ3v) is 11.8. The van der Waals surface area contributed by atoms with Crippen molar-refractivity contribution in [2.45, 2.75) is 0 Å². The maximum absolute atomic E-state index is 6.37. The average molecular weight is 725 g/mol. The number of aromatic nitrogens is 1. The van der Waals surface area contributed by atoms with Crippen LogP contribution in [0.4, 0.5) is 17.1 Å². The monoisotopic (exact) mass is 724 g/mol. The van der Waals surface area contributed by atoms with Crippen LogP contribution in [0.3, 0.4) is 0 Å². The van der Waals surface area contributed by atoms with Crippen LogP contribution in [-0.4, -0.2) is 4.98 Å². The first kappa shape index (κ1) is 30.3. The molecule has 0 aliphatic carbocycles. The maximum Gasteiger partial charge on any atom is 0.227 e. The molecule has 55 heavy (non-hydrogen) atoms. The number of nitrogens with zero attached hydrogens (tertiary/aromatic N) is 2. The zero-order chi connectivity index (χ0) is 36.0. The average Bonchev–Trinajstić information content (AvgIpc) is 4.02. The van der Waals surface area contributed by atoms with E-state index in [4.69, 9.17) is 18.2 Å². The van der Waals surface area contributed by atoms with Crippen LogP contribution in [0.1, 0.15) is 0 Å². The summed E-state index contributed by atoms with van der Waals surface area (Å²) < 4.78 is 21.4. The SMILES string of the molecule is c1ccc(-c2nc3c(ccc4oc5ccc(-c6ccc(N(c7ccc8c(c7)oc7ccccc78)c7ccc8c(c7)sc7ccccc78)cc6)cc5c43)o2)cc1. The van der Waals surface area contributed by atoms with E-state index in [1.807, 2.05) is 65.9 Å². The summed E-state index contributed by atoms with van der Waals surface area (Å²) in [6, 6.07) is 59.3. The summed E-state index contributed by atoms with van der Waals surface area (Å²) in [5, 5.41) is 6.75. The molecule has 4 heterocycles. The highest BCUT2D eigenvalue weighted by atomic mass is 32.1. The molecule has 0 saturated carbocycles. The molecular formula is C49H28N2O3S. The second kappa shape index (κ2) is 11.7. The molecule has 0 aliphatic rings. The van der Waals surface area contributed by atoms with Crippen LogP contribution in [0.25, 0.3) is 97.7 Å². The van der Waals surface area contributed by atoms with Gasteiger partial charge in [-0.05, 0) is 96.1 Å². The first-order valence-corrected chi connectivity index (χ1v) is 19.1. The standard InChI is InChI=1S/C49H28N2O3S/c1-2-8-30(9-3-1)49-50-48-43(54-49)25-24-42-47(48)39-26-31(16-23-41(39)52-42)29-14-17-32(18-15-29)51(33-19-21-36-35-10-4-6-12-40(35)53-44(36)27-33)34-20-22-38-37-11-5-7-13-45(37)55-46(38)28-34/h1-28H. The Kier molecular flexibility index (Phi) is 6.44. The Labute approximate surface area is 317 Å². The predicted octanol–water partition coefficient (Wildman–Crippen LogP) is 14.8. The second-order valence-corrected chi connectivity index (χ2v) is 15.0. The van der Waals surface area contributed by atoms with Gasteiger partial charge in [0.05, 0.1) is 5.39 Å². The highest BCUT2D eigenvalue weighted by molar-refractivity contribution is 7.25. The van der Waals surface area contributed by atoms with Crippen LogP contribution in [0.15, 0.2) is 183 Å². The number of anilines is 3. The molecule has 0 N–H and O–H groups in total. The zero-order valence-corrected chi connectivity index (χ0v) is 30.0. The summed E-state index contributed by atoms with van der Waals surface area (Å²) in [5.41, 5.74) is 11.2. The topological polar surface area (TPSA) is 55.6 Å². The van der Waals surface area contributed by atoms with Gasteiger partial charge in [0.1, 0.15) is 27.8 Å². The minimum absolute atomic E-state index is 0.597. The van der Waals surface area contributed by atoms with Crippen molar-refractivity contribution in [2.24, 2.45) is 0 Å². The van der Waals surface area contributed by atoms with Gasteiger partial charge in [-0.3, -0.25) is 0 Å². The van der Waals surface area contributed by atoms with Gasteiger partial charge in [0.2, 0.25) is 5.89 Å². The number of furan rings is 2. The van der Waals surface area contributed by atoms with Crippen molar-refractivity contribution in [2.75, 3.05) is 4.90 Å². The number of fused-ring (bicyclic) bond motifs is 11. The fourth-order valence-corrected chi connectivity index (χ4v) is 9.23. The Morgan fingerprint density at radius 1 is 0.382 bits per heavy atom. The number of benzene rings is 8. The molecule has 0 unspecified atom stereocenters. The molecule has 4 aromatic heterocycles. The second-order valence-electron chi connectivity index (χ2n) is 13.9. The number of hydrogen-bond donors (Lipinski definition) is 0. The molecule has 12 rings (SSSR count). The van der Waals surface area contributed by atoms with Gasteiger partial charge < -0.3 is 18.2 Å². The van der Waals surface area contributed by atoms with E-state index < -0.39 is 0 Å². The van der Waals surface area contributed by atoms with Gasteiger partial charge in [-0.15, -0.1) is 11.3 Å². The summed E-state index contributed by atoms with van der Waals surface area (Å²) in [7, 11) is 0. The Balaban J connectivity index is 0.979. The predicted molar refractivity (Wildman–Crippen MR) is 227 cm³/mol. The van der Waals surface area contributed by atoms with E-state index in [2.05, 4.69) is 120 Å². The molecule has 0 saturated heterocycles. The van der Waals surface area contributed by atoms with Crippen LogP contribution in [0, 0.1) is 0 Å². The molecule has 12 aromatic rings. The summed E-state index contributed by atoms with van der Waals surface area (Å²) in [6.45, 7) is 0. The highest BCUT2D eigenvalue weighted by Crippen LogP contribution is 2.43. The van der Waals surface area contributed by atoms with Gasteiger partial charge in [0, 0.05) is 65.0 Å². The van der Waals surface area contributed by atoms with E-state index >= 15 is 0 Å². The molecule has 0 bridgehead atoms. The normalized spacial score (nSPS) is 12.0. The zero-order valence-electron chi connectivity index (χ0n) is 29.2. The molecule has 0 fully saturated rings. The van der Waals surface area contributed by atoms with Gasteiger partial charge in [-0.25, -0.2) is 4.98 Å². The Morgan fingerprint density at radius 2 is 1.02 bits per heavy atom. The van der Waals surface area contributed by atoms with Gasteiger partial charge in [0.15, 0.2) is 5.58 Å². The smallest absolute Gasteiger partial charge is 0.227 e. The number of rotatable bonds is 5. The molecule has 0 spiro atoms. The molecule has 258 valence electrons. The number of thiophene rings is 1. The van der Waals surface area contributed by atoms with Crippen LogP contribution in [-0.2, 0) is 0 Å². The molecule has 0 radical (unpaired) electrons. The molecule has 8 aromatic carbocycles. The van der Waals surface area contributed by atoms with Crippen LogP contribution >= 0.6 is 11.3 Å².